The van der Waals surface area contributed by atoms with E-state index in [9.17, 15) is 19.8 Å². The van der Waals surface area contributed by atoms with Crippen LogP contribution >= 0.6 is 12.4 Å². The van der Waals surface area contributed by atoms with E-state index in [1.165, 1.54) is 6.92 Å². The van der Waals surface area contributed by atoms with Gasteiger partial charge in [-0.1, -0.05) is 18.6 Å². The molecule has 1 aromatic carbocycles. The van der Waals surface area contributed by atoms with Gasteiger partial charge in [0.2, 0.25) is 0 Å². The summed E-state index contributed by atoms with van der Waals surface area (Å²) in [6.45, 7) is 3.35. The molecule has 1 aromatic rings. The number of nitrogens with one attached hydrogen (secondary N) is 2. The lowest BCUT2D eigenvalue weighted by molar-refractivity contribution is -0.151. The lowest BCUT2D eigenvalue weighted by Gasteiger charge is -2.21. The fraction of sp³-hybridized carbons (Fsp3) is 0.636. The van der Waals surface area contributed by atoms with Crippen LogP contribution < -0.4 is 21.1 Å². The van der Waals surface area contributed by atoms with E-state index in [0.717, 1.165) is 24.2 Å². The molecular weight excluding hydrogens is 438 g/mol. The number of rotatable bonds is 14. The van der Waals surface area contributed by atoms with Crippen LogP contribution in [0.3, 0.4) is 0 Å². The molecular formula is C22H36ClN3O6. The molecule has 9 nitrogen and oxygen atoms in total. The Labute approximate surface area is 195 Å². The van der Waals surface area contributed by atoms with Gasteiger partial charge < -0.3 is 36.1 Å². The van der Waals surface area contributed by atoms with Crippen LogP contribution in [0, 0.1) is 0 Å². The molecule has 6 N–H and O–H groups in total. The molecule has 1 aliphatic heterocycles. The number of esters is 1. The minimum atomic E-state index is -0.839. The summed E-state index contributed by atoms with van der Waals surface area (Å²) in [5.41, 5.74) is 6.49. The summed E-state index contributed by atoms with van der Waals surface area (Å²) in [4.78, 5) is 22.5. The highest BCUT2D eigenvalue weighted by Crippen LogP contribution is 2.19. The van der Waals surface area contributed by atoms with E-state index >= 15 is 0 Å². The molecule has 0 aliphatic carbocycles. The summed E-state index contributed by atoms with van der Waals surface area (Å²) in [6.07, 6.45) is 2.25. The lowest BCUT2D eigenvalue weighted by Crippen LogP contribution is -2.38. The Balaban J connectivity index is 0.00000512. The Bertz CT molecular complexity index is 691. The summed E-state index contributed by atoms with van der Waals surface area (Å²) >= 11 is 0. The number of aliphatic hydroxyl groups excluding tert-OH is 1. The Morgan fingerprint density at radius 1 is 1.25 bits per heavy atom. The molecule has 0 radical (unpaired) electrons. The third kappa shape index (κ3) is 9.70. The van der Waals surface area contributed by atoms with Gasteiger partial charge in [0.05, 0.1) is 12.6 Å². The zero-order valence-electron chi connectivity index (χ0n) is 18.5. The van der Waals surface area contributed by atoms with Gasteiger partial charge in [0, 0.05) is 13.5 Å². The first-order valence-electron chi connectivity index (χ1n) is 10.9. The van der Waals surface area contributed by atoms with Crippen molar-refractivity contribution in [2.45, 2.75) is 63.3 Å². The minimum absolute atomic E-state index is 0. The first kappa shape index (κ1) is 28.1. The number of β-amino-alcohol motifs (C(OH)–C–C–N with tert-alkyl or cyclic N) is 1. The molecule has 1 heterocycles. The van der Waals surface area contributed by atoms with Crippen molar-refractivity contribution < 1.29 is 29.3 Å². The normalized spacial score (nSPS) is 20.9. The summed E-state index contributed by atoms with van der Waals surface area (Å²) in [7, 11) is 0. The minimum Gasteiger partial charge on any atom is -0.494 e. The number of halogens is 1. The second-order valence-corrected chi connectivity index (χ2v) is 7.84. The van der Waals surface area contributed by atoms with Crippen LogP contribution in [0.15, 0.2) is 24.3 Å². The number of hydrogen-bond acceptors (Lipinski definition) is 8. The fourth-order valence-electron chi connectivity index (χ4n) is 3.63. The molecule has 0 spiro atoms. The van der Waals surface area contributed by atoms with E-state index in [2.05, 4.69) is 10.6 Å². The maximum Gasteiger partial charge on any atom is 0.320 e. The van der Waals surface area contributed by atoms with Crippen molar-refractivity contribution >= 4 is 24.3 Å². The molecule has 0 bridgehead atoms. The van der Waals surface area contributed by atoms with Crippen molar-refractivity contribution in [3.8, 4) is 5.75 Å². The van der Waals surface area contributed by atoms with Gasteiger partial charge in [-0.15, -0.1) is 12.4 Å². The van der Waals surface area contributed by atoms with Crippen LogP contribution in [0.4, 0.5) is 0 Å². The molecule has 10 heteroatoms. The standard InChI is InChI=1S/C22H35N3O6.ClH/c1-15(26)31-21-19(25-14-20(21)27)13-16-6-8-17(9-7-16)30-12-4-11-24-18(22(28)29)5-2-3-10-23;/h6-9,18-21,24-25,27H,2-5,10-14,23H2,1H3,(H,28,29);1H/t18-,19+,20-,21-;/m0./s1. The van der Waals surface area contributed by atoms with E-state index in [4.69, 9.17) is 15.2 Å². The summed E-state index contributed by atoms with van der Waals surface area (Å²) in [6, 6.07) is 6.96. The van der Waals surface area contributed by atoms with Gasteiger partial charge in [0.25, 0.3) is 0 Å². The van der Waals surface area contributed by atoms with Crippen molar-refractivity contribution in [2.24, 2.45) is 5.73 Å². The van der Waals surface area contributed by atoms with Crippen LogP contribution in [0.1, 0.15) is 38.2 Å². The summed E-state index contributed by atoms with van der Waals surface area (Å²) in [5.74, 6) is -0.507. The molecule has 0 aromatic heterocycles. The largest absolute Gasteiger partial charge is 0.494 e. The van der Waals surface area contributed by atoms with E-state index in [1.54, 1.807) is 0 Å². The van der Waals surface area contributed by atoms with Crippen molar-refractivity contribution in [3.05, 3.63) is 29.8 Å². The van der Waals surface area contributed by atoms with Crippen LogP contribution in [0.5, 0.6) is 5.75 Å². The Kier molecular flexibility index (Phi) is 13.2. The number of carboxylic acids is 1. The van der Waals surface area contributed by atoms with Gasteiger partial charge in [-0.3, -0.25) is 9.59 Å². The van der Waals surface area contributed by atoms with Gasteiger partial charge in [0.15, 0.2) is 0 Å². The van der Waals surface area contributed by atoms with E-state index in [-0.39, 0.29) is 18.4 Å². The molecule has 0 unspecified atom stereocenters. The second kappa shape index (κ2) is 15.0. The third-order valence-corrected chi connectivity index (χ3v) is 5.27. The van der Waals surface area contributed by atoms with Crippen molar-refractivity contribution in [3.63, 3.8) is 0 Å². The average molecular weight is 474 g/mol. The highest BCUT2D eigenvalue weighted by molar-refractivity contribution is 5.85. The molecule has 4 atom stereocenters. The van der Waals surface area contributed by atoms with Crippen molar-refractivity contribution in [1.82, 2.24) is 10.6 Å². The smallest absolute Gasteiger partial charge is 0.320 e. The molecule has 2 rings (SSSR count). The van der Waals surface area contributed by atoms with Crippen LogP contribution in [-0.2, 0) is 20.7 Å². The topological polar surface area (TPSA) is 143 Å². The summed E-state index contributed by atoms with van der Waals surface area (Å²) < 4.78 is 11.0. The van der Waals surface area contributed by atoms with Crippen molar-refractivity contribution in [2.75, 3.05) is 26.2 Å². The van der Waals surface area contributed by atoms with Gasteiger partial charge in [-0.05, 0) is 56.5 Å². The first-order valence-corrected chi connectivity index (χ1v) is 10.9. The van der Waals surface area contributed by atoms with E-state index in [0.29, 0.717) is 45.5 Å². The zero-order valence-corrected chi connectivity index (χ0v) is 19.3. The maximum atomic E-state index is 11.3. The number of benzene rings is 1. The predicted octanol–water partition coefficient (Wildman–Crippen LogP) is 0.856. The van der Waals surface area contributed by atoms with Crippen LogP contribution in [-0.4, -0.2) is 72.7 Å². The predicted molar refractivity (Wildman–Crippen MR) is 123 cm³/mol. The quantitative estimate of drug-likeness (QED) is 0.196. The number of aliphatic carboxylic acids is 1. The van der Waals surface area contributed by atoms with Crippen molar-refractivity contribution in [1.29, 1.82) is 0 Å². The summed E-state index contributed by atoms with van der Waals surface area (Å²) in [5, 5.41) is 25.5. The van der Waals surface area contributed by atoms with Gasteiger partial charge in [0.1, 0.15) is 24.0 Å². The average Bonchev–Trinajstić information content (AvgIpc) is 3.06. The lowest BCUT2D eigenvalue weighted by atomic mass is 10.0. The number of carbonyl (C=O) groups excluding carboxylic acids is 1. The van der Waals surface area contributed by atoms with Crippen LogP contribution in [0.2, 0.25) is 0 Å². The number of aliphatic hydroxyl groups is 1. The first-order chi connectivity index (χ1) is 14.9. The number of carbonyl (C=O) groups is 2. The number of hydrogen-bond donors (Lipinski definition) is 5. The number of carboxylic acid groups (broad SMARTS) is 1. The highest BCUT2D eigenvalue weighted by atomic mass is 35.5. The molecule has 32 heavy (non-hydrogen) atoms. The number of unbranched alkanes of at least 4 members (excludes halogenated alkanes) is 1. The SMILES string of the molecule is CC(=O)O[C@@H]1[C@@H](O)CN[C@@H]1Cc1ccc(OCCCN[C@@H](CCCCN)C(=O)O)cc1.Cl. The molecule has 0 saturated carbocycles. The molecule has 1 saturated heterocycles. The molecule has 1 aliphatic rings. The Morgan fingerprint density at radius 3 is 2.59 bits per heavy atom. The van der Waals surface area contributed by atoms with Gasteiger partial charge in [-0.25, -0.2) is 0 Å². The Morgan fingerprint density at radius 2 is 1.97 bits per heavy atom. The molecule has 1 fully saturated rings. The zero-order chi connectivity index (χ0) is 22.6. The second-order valence-electron chi connectivity index (χ2n) is 7.84. The van der Waals surface area contributed by atoms with Crippen LogP contribution in [0.25, 0.3) is 0 Å². The van der Waals surface area contributed by atoms with Gasteiger partial charge in [-0.2, -0.15) is 0 Å². The monoisotopic (exact) mass is 473 g/mol. The molecule has 0 amide bonds. The third-order valence-electron chi connectivity index (χ3n) is 5.27. The number of nitrogens with two attached hydrogens (primary N) is 1. The van der Waals surface area contributed by atoms with E-state index < -0.39 is 30.2 Å². The fourth-order valence-corrected chi connectivity index (χ4v) is 3.63. The highest BCUT2D eigenvalue weighted by Gasteiger charge is 2.37. The number of ether oxygens (including phenoxy) is 2. The van der Waals surface area contributed by atoms with Gasteiger partial charge >= 0.3 is 11.9 Å². The van der Waals surface area contributed by atoms with E-state index in [1.807, 2.05) is 24.3 Å². The maximum absolute atomic E-state index is 11.3. The molecule has 182 valence electrons. The Hall–Kier alpha value is -1.91.